The van der Waals surface area contributed by atoms with E-state index in [9.17, 15) is 0 Å². The Morgan fingerprint density at radius 1 is 1.31 bits per heavy atom. The summed E-state index contributed by atoms with van der Waals surface area (Å²) in [7, 11) is 0. The van der Waals surface area contributed by atoms with E-state index in [0.717, 1.165) is 17.0 Å². The van der Waals surface area contributed by atoms with Crippen molar-refractivity contribution in [2.24, 2.45) is 15.7 Å². The molecule has 1 aromatic carbocycles. The smallest absolute Gasteiger partial charge is 0.0785 e. The summed E-state index contributed by atoms with van der Waals surface area (Å²) in [5.41, 5.74) is 8.48. The molecule has 2 N–H and O–H groups in total. The molecule has 0 aliphatic carbocycles. The second kappa shape index (κ2) is 3.49. The number of benzene rings is 1. The summed E-state index contributed by atoms with van der Waals surface area (Å²) in [6.45, 7) is 1.09. The van der Waals surface area contributed by atoms with E-state index in [0.29, 0.717) is 13.1 Å². The van der Waals surface area contributed by atoms with Crippen molar-refractivity contribution in [2.75, 3.05) is 13.1 Å². The van der Waals surface area contributed by atoms with Gasteiger partial charge in [-0.2, -0.15) is 0 Å². The lowest BCUT2D eigenvalue weighted by Crippen LogP contribution is -2.15. The number of hydrogen-bond donors (Lipinski definition) is 1. The van der Waals surface area contributed by atoms with Gasteiger partial charge >= 0.3 is 0 Å². The molecule has 0 bridgehead atoms. The highest BCUT2D eigenvalue weighted by Crippen LogP contribution is 2.18. The Kier molecular flexibility index (Phi) is 2.19. The van der Waals surface area contributed by atoms with Crippen molar-refractivity contribution in [3.8, 4) is 0 Å². The second-order valence-electron chi connectivity index (χ2n) is 2.91. The fourth-order valence-corrected chi connectivity index (χ4v) is 1.26. The van der Waals surface area contributed by atoms with Crippen LogP contribution in [0.2, 0.25) is 0 Å². The van der Waals surface area contributed by atoms with Gasteiger partial charge in [-0.05, 0) is 6.07 Å². The molecular weight excluding hydrogens is 162 g/mol. The molecule has 13 heavy (non-hydrogen) atoms. The highest BCUT2D eigenvalue weighted by Gasteiger charge is 2.03. The minimum absolute atomic E-state index is 0.478. The van der Waals surface area contributed by atoms with Crippen LogP contribution in [0, 0.1) is 0 Å². The summed E-state index contributed by atoms with van der Waals surface area (Å²) in [5, 5.41) is 0. The van der Waals surface area contributed by atoms with Gasteiger partial charge in [0.1, 0.15) is 0 Å². The van der Waals surface area contributed by atoms with Crippen molar-refractivity contribution in [1.29, 1.82) is 0 Å². The van der Waals surface area contributed by atoms with Crippen LogP contribution in [0.15, 0.2) is 34.3 Å². The molecule has 0 fully saturated rings. The molecule has 0 radical (unpaired) electrons. The summed E-state index contributed by atoms with van der Waals surface area (Å²) >= 11 is 0. The number of rotatable bonds is 1. The van der Waals surface area contributed by atoms with Gasteiger partial charge in [0.2, 0.25) is 0 Å². The topological polar surface area (TPSA) is 50.7 Å². The van der Waals surface area contributed by atoms with Crippen LogP contribution < -0.4 is 5.73 Å². The van der Waals surface area contributed by atoms with Crippen LogP contribution >= 0.6 is 0 Å². The van der Waals surface area contributed by atoms with Gasteiger partial charge in [-0.25, -0.2) is 0 Å². The first-order valence-corrected chi connectivity index (χ1v) is 4.25. The van der Waals surface area contributed by atoms with Crippen LogP contribution in [0.4, 0.5) is 5.69 Å². The minimum Gasteiger partial charge on any atom is -0.325 e. The summed E-state index contributed by atoms with van der Waals surface area (Å²) in [6, 6.07) is 7.92. The van der Waals surface area contributed by atoms with Crippen LogP contribution in [0.25, 0.3) is 0 Å². The molecule has 0 amide bonds. The third kappa shape index (κ3) is 1.65. The van der Waals surface area contributed by atoms with Crippen LogP contribution in [-0.2, 0) is 0 Å². The van der Waals surface area contributed by atoms with E-state index in [1.54, 1.807) is 0 Å². The molecule has 1 aromatic rings. The average Bonchev–Trinajstić information content (AvgIpc) is 2.38. The van der Waals surface area contributed by atoms with Gasteiger partial charge in [0.05, 0.1) is 17.9 Å². The van der Waals surface area contributed by atoms with Crippen LogP contribution in [-0.4, -0.2) is 25.0 Å². The molecule has 0 atom stereocenters. The molecule has 0 spiro atoms. The molecule has 0 saturated heterocycles. The van der Waals surface area contributed by atoms with E-state index >= 15 is 0 Å². The quantitative estimate of drug-likeness (QED) is 0.680. The number of para-hydroxylation sites is 1. The first-order chi connectivity index (χ1) is 6.40. The maximum atomic E-state index is 5.53. The average molecular weight is 173 g/mol. The van der Waals surface area contributed by atoms with Gasteiger partial charge in [0.15, 0.2) is 0 Å². The van der Waals surface area contributed by atoms with E-state index in [1.165, 1.54) is 0 Å². The first-order valence-electron chi connectivity index (χ1n) is 4.25. The SMILES string of the molecule is NCC1=Nc2ccccc2C=NC1. The largest absolute Gasteiger partial charge is 0.325 e. The Morgan fingerprint density at radius 2 is 2.15 bits per heavy atom. The number of nitrogens with zero attached hydrogens (tertiary/aromatic N) is 2. The van der Waals surface area contributed by atoms with Crippen LogP contribution in [0.3, 0.4) is 0 Å². The first kappa shape index (κ1) is 8.13. The zero-order valence-corrected chi connectivity index (χ0v) is 7.27. The van der Waals surface area contributed by atoms with Gasteiger partial charge in [-0.15, -0.1) is 0 Å². The van der Waals surface area contributed by atoms with Crippen molar-refractivity contribution >= 4 is 17.6 Å². The molecule has 1 aliphatic heterocycles. The van der Waals surface area contributed by atoms with Crippen LogP contribution in [0.1, 0.15) is 5.56 Å². The Morgan fingerprint density at radius 3 is 3.00 bits per heavy atom. The number of hydrogen-bond acceptors (Lipinski definition) is 3. The molecule has 0 saturated carbocycles. The predicted molar refractivity (Wildman–Crippen MR) is 55.1 cm³/mol. The Bertz CT molecular complexity index is 366. The van der Waals surface area contributed by atoms with Crippen molar-refractivity contribution in [1.82, 2.24) is 0 Å². The number of nitrogens with two attached hydrogens (primary N) is 1. The van der Waals surface area contributed by atoms with Gasteiger partial charge in [0.25, 0.3) is 0 Å². The standard InChI is InChI=1S/C10H11N3/c11-5-9-7-12-6-8-3-1-2-4-10(8)13-9/h1-4,6H,5,7,11H2. The Balaban J connectivity index is 2.49. The molecule has 3 nitrogen and oxygen atoms in total. The van der Waals surface area contributed by atoms with Gasteiger partial charge in [-0.3, -0.25) is 9.98 Å². The van der Waals surface area contributed by atoms with Crippen molar-refractivity contribution < 1.29 is 0 Å². The zero-order valence-electron chi connectivity index (χ0n) is 7.27. The molecule has 1 aliphatic rings. The van der Waals surface area contributed by atoms with E-state index in [4.69, 9.17) is 5.73 Å². The van der Waals surface area contributed by atoms with Crippen molar-refractivity contribution in [2.45, 2.75) is 0 Å². The molecule has 2 rings (SSSR count). The lowest BCUT2D eigenvalue weighted by molar-refractivity contribution is 1.20. The fourth-order valence-electron chi connectivity index (χ4n) is 1.26. The summed E-state index contributed by atoms with van der Waals surface area (Å²) in [6.07, 6.45) is 1.85. The number of aliphatic imine (C=N–C) groups is 2. The predicted octanol–water partition coefficient (Wildman–Crippen LogP) is 1.15. The third-order valence-electron chi connectivity index (χ3n) is 1.96. The molecule has 0 unspecified atom stereocenters. The van der Waals surface area contributed by atoms with Gasteiger partial charge < -0.3 is 5.73 Å². The lowest BCUT2D eigenvalue weighted by Gasteiger charge is -1.98. The van der Waals surface area contributed by atoms with E-state index in [2.05, 4.69) is 9.98 Å². The molecule has 3 heteroatoms. The Labute approximate surface area is 77.0 Å². The monoisotopic (exact) mass is 173 g/mol. The van der Waals surface area contributed by atoms with Gasteiger partial charge in [0, 0.05) is 18.3 Å². The van der Waals surface area contributed by atoms with Crippen molar-refractivity contribution in [3.63, 3.8) is 0 Å². The van der Waals surface area contributed by atoms with Crippen molar-refractivity contribution in [3.05, 3.63) is 29.8 Å². The number of fused-ring (bicyclic) bond motifs is 1. The van der Waals surface area contributed by atoms with E-state index in [1.807, 2.05) is 30.5 Å². The van der Waals surface area contributed by atoms with Crippen LogP contribution in [0.5, 0.6) is 0 Å². The summed E-state index contributed by atoms with van der Waals surface area (Å²) in [4.78, 5) is 8.65. The normalized spacial score (nSPS) is 14.7. The molecule has 0 aromatic heterocycles. The highest BCUT2D eigenvalue weighted by molar-refractivity contribution is 5.97. The second-order valence-corrected chi connectivity index (χ2v) is 2.91. The zero-order chi connectivity index (χ0) is 9.10. The van der Waals surface area contributed by atoms with E-state index < -0.39 is 0 Å². The van der Waals surface area contributed by atoms with Gasteiger partial charge in [-0.1, -0.05) is 18.2 Å². The fraction of sp³-hybridized carbons (Fsp3) is 0.200. The lowest BCUT2D eigenvalue weighted by atomic mass is 10.2. The minimum atomic E-state index is 0.478. The summed E-state index contributed by atoms with van der Waals surface area (Å²) < 4.78 is 0. The maximum Gasteiger partial charge on any atom is 0.0785 e. The molecular formula is C10H11N3. The third-order valence-corrected chi connectivity index (χ3v) is 1.96. The van der Waals surface area contributed by atoms with E-state index in [-0.39, 0.29) is 0 Å². The molecule has 66 valence electrons. The Hall–Kier alpha value is -1.48. The summed E-state index contributed by atoms with van der Waals surface area (Å²) in [5.74, 6) is 0. The molecule has 1 heterocycles. The maximum absolute atomic E-state index is 5.53. The highest BCUT2D eigenvalue weighted by atomic mass is 14.9.